The average Bonchev–Trinajstić information content (AvgIpc) is 2.30. The van der Waals surface area contributed by atoms with E-state index in [2.05, 4.69) is 4.74 Å². The second kappa shape index (κ2) is 4.61. The number of aliphatic hydroxyl groups is 1. The normalized spacial score (nSPS) is 22.0. The van der Waals surface area contributed by atoms with Gasteiger partial charge in [-0.3, -0.25) is 4.79 Å². The molecule has 0 spiro atoms. The zero-order valence-corrected chi connectivity index (χ0v) is 8.21. The summed E-state index contributed by atoms with van der Waals surface area (Å²) in [7, 11) is 1.36. The van der Waals surface area contributed by atoms with Crippen LogP contribution in [0, 0.1) is 0 Å². The van der Waals surface area contributed by atoms with Crippen molar-refractivity contribution in [2.24, 2.45) is 0 Å². The summed E-state index contributed by atoms with van der Waals surface area (Å²) in [5.41, 5.74) is -0.788. The highest BCUT2D eigenvalue weighted by atomic mass is 16.5. The molecule has 13 heavy (non-hydrogen) atoms. The molecule has 0 aromatic heterocycles. The maximum Gasteiger partial charge on any atom is 0.308 e. The van der Waals surface area contributed by atoms with Crippen molar-refractivity contribution in [1.82, 2.24) is 0 Å². The Hall–Kier alpha value is -0.570. The monoisotopic (exact) mass is 186 g/mol. The first-order valence-electron chi connectivity index (χ1n) is 4.95. The second-order valence-electron chi connectivity index (χ2n) is 3.89. The van der Waals surface area contributed by atoms with Gasteiger partial charge < -0.3 is 9.84 Å². The van der Waals surface area contributed by atoms with E-state index >= 15 is 0 Å². The third-order valence-electron chi connectivity index (χ3n) is 2.74. The van der Waals surface area contributed by atoms with E-state index < -0.39 is 5.60 Å². The molecule has 1 aliphatic rings. The van der Waals surface area contributed by atoms with Crippen molar-refractivity contribution in [2.45, 2.75) is 50.5 Å². The third-order valence-corrected chi connectivity index (χ3v) is 2.74. The number of rotatable bonds is 2. The summed E-state index contributed by atoms with van der Waals surface area (Å²) < 4.78 is 4.56. The molecule has 0 amide bonds. The summed E-state index contributed by atoms with van der Waals surface area (Å²) in [5.74, 6) is -0.301. The van der Waals surface area contributed by atoms with Crippen molar-refractivity contribution in [3.63, 3.8) is 0 Å². The van der Waals surface area contributed by atoms with Crippen LogP contribution in [0.3, 0.4) is 0 Å². The predicted molar refractivity (Wildman–Crippen MR) is 49.3 cm³/mol. The van der Waals surface area contributed by atoms with Crippen LogP contribution in [0.2, 0.25) is 0 Å². The van der Waals surface area contributed by atoms with Gasteiger partial charge in [-0.05, 0) is 12.8 Å². The molecule has 0 unspecified atom stereocenters. The number of carbonyl (C=O) groups excluding carboxylic acids is 1. The van der Waals surface area contributed by atoms with Crippen molar-refractivity contribution in [2.75, 3.05) is 7.11 Å². The molecule has 1 fully saturated rings. The molecule has 1 aliphatic carbocycles. The van der Waals surface area contributed by atoms with Crippen LogP contribution in [0.5, 0.6) is 0 Å². The fourth-order valence-corrected chi connectivity index (χ4v) is 1.90. The Kier molecular flexibility index (Phi) is 3.72. The molecule has 0 radical (unpaired) electrons. The van der Waals surface area contributed by atoms with Gasteiger partial charge in [0.15, 0.2) is 0 Å². The second-order valence-corrected chi connectivity index (χ2v) is 3.89. The van der Waals surface area contributed by atoms with Crippen molar-refractivity contribution < 1.29 is 14.6 Å². The minimum Gasteiger partial charge on any atom is -0.469 e. The van der Waals surface area contributed by atoms with Gasteiger partial charge in [0.25, 0.3) is 0 Å². The summed E-state index contributed by atoms with van der Waals surface area (Å²) in [5, 5.41) is 10.1. The summed E-state index contributed by atoms with van der Waals surface area (Å²) in [6, 6.07) is 0. The SMILES string of the molecule is COC(=O)CC1(O)CCCCCC1. The third kappa shape index (κ3) is 3.35. The highest BCUT2D eigenvalue weighted by Gasteiger charge is 2.30. The van der Waals surface area contributed by atoms with E-state index in [-0.39, 0.29) is 12.4 Å². The number of esters is 1. The Morgan fingerprint density at radius 3 is 2.31 bits per heavy atom. The lowest BCUT2D eigenvalue weighted by atomic mass is 9.91. The molecular formula is C10H18O3. The number of hydrogen-bond acceptors (Lipinski definition) is 3. The lowest BCUT2D eigenvalue weighted by molar-refractivity contribution is -0.146. The standard InChI is InChI=1S/C10H18O3/c1-13-9(11)8-10(12)6-4-2-3-5-7-10/h12H,2-8H2,1H3. The highest BCUT2D eigenvalue weighted by Crippen LogP contribution is 2.29. The molecule has 0 aliphatic heterocycles. The van der Waals surface area contributed by atoms with Crippen LogP contribution in [0.25, 0.3) is 0 Å². The average molecular weight is 186 g/mol. The van der Waals surface area contributed by atoms with Gasteiger partial charge in [0, 0.05) is 0 Å². The quantitative estimate of drug-likeness (QED) is 0.526. The van der Waals surface area contributed by atoms with Gasteiger partial charge in [-0.2, -0.15) is 0 Å². The molecule has 1 saturated carbocycles. The van der Waals surface area contributed by atoms with Crippen molar-refractivity contribution in [1.29, 1.82) is 0 Å². The minimum absolute atomic E-state index is 0.156. The molecule has 0 atom stereocenters. The van der Waals surface area contributed by atoms with Crippen molar-refractivity contribution in [3.05, 3.63) is 0 Å². The van der Waals surface area contributed by atoms with Crippen LogP contribution in [0.4, 0.5) is 0 Å². The lowest BCUT2D eigenvalue weighted by Gasteiger charge is -2.24. The Balaban J connectivity index is 2.46. The largest absolute Gasteiger partial charge is 0.469 e. The smallest absolute Gasteiger partial charge is 0.308 e. The predicted octanol–water partition coefficient (Wildman–Crippen LogP) is 1.63. The zero-order chi connectivity index (χ0) is 9.73. The summed E-state index contributed by atoms with van der Waals surface area (Å²) in [4.78, 5) is 11.0. The van der Waals surface area contributed by atoms with E-state index in [1.165, 1.54) is 20.0 Å². The Labute approximate surface area is 79.1 Å². The fraction of sp³-hybridized carbons (Fsp3) is 0.900. The van der Waals surface area contributed by atoms with Crippen LogP contribution in [-0.2, 0) is 9.53 Å². The van der Waals surface area contributed by atoms with Gasteiger partial charge in [0.05, 0.1) is 19.1 Å². The highest BCUT2D eigenvalue weighted by molar-refractivity contribution is 5.70. The molecule has 76 valence electrons. The number of ether oxygens (including phenoxy) is 1. The van der Waals surface area contributed by atoms with Crippen LogP contribution in [0.15, 0.2) is 0 Å². The van der Waals surface area contributed by atoms with Crippen LogP contribution in [-0.4, -0.2) is 23.8 Å². The first-order chi connectivity index (χ1) is 6.16. The van der Waals surface area contributed by atoms with Gasteiger partial charge in [-0.1, -0.05) is 25.7 Å². The minimum atomic E-state index is -0.788. The van der Waals surface area contributed by atoms with Crippen LogP contribution in [0.1, 0.15) is 44.9 Å². The molecule has 0 aromatic rings. The molecule has 0 bridgehead atoms. The van der Waals surface area contributed by atoms with E-state index in [4.69, 9.17) is 0 Å². The van der Waals surface area contributed by atoms with Gasteiger partial charge >= 0.3 is 5.97 Å². The molecule has 1 rings (SSSR count). The molecule has 3 nitrogen and oxygen atoms in total. The van der Waals surface area contributed by atoms with Crippen molar-refractivity contribution >= 4 is 5.97 Å². The van der Waals surface area contributed by atoms with E-state index in [1.807, 2.05) is 0 Å². The Morgan fingerprint density at radius 2 is 1.85 bits per heavy atom. The summed E-state index contributed by atoms with van der Waals surface area (Å²) >= 11 is 0. The molecule has 0 heterocycles. The van der Waals surface area contributed by atoms with E-state index in [1.54, 1.807) is 0 Å². The first-order valence-corrected chi connectivity index (χ1v) is 4.95. The zero-order valence-electron chi connectivity index (χ0n) is 8.21. The maximum atomic E-state index is 11.0. The molecule has 0 aromatic carbocycles. The molecular weight excluding hydrogens is 168 g/mol. The van der Waals surface area contributed by atoms with E-state index in [0.717, 1.165) is 25.7 Å². The van der Waals surface area contributed by atoms with E-state index in [0.29, 0.717) is 0 Å². The van der Waals surface area contributed by atoms with E-state index in [9.17, 15) is 9.90 Å². The molecule has 0 saturated heterocycles. The summed E-state index contributed by atoms with van der Waals surface area (Å²) in [6.45, 7) is 0. The Morgan fingerprint density at radius 1 is 1.31 bits per heavy atom. The van der Waals surface area contributed by atoms with Crippen molar-refractivity contribution in [3.8, 4) is 0 Å². The maximum absolute atomic E-state index is 11.0. The molecule has 1 N–H and O–H groups in total. The number of carbonyl (C=O) groups is 1. The number of hydrogen-bond donors (Lipinski definition) is 1. The number of methoxy groups -OCH3 is 1. The topological polar surface area (TPSA) is 46.5 Å². The lowest BCUT2D eigenvalue weighted by Crippen LogP contribution is -2.31. The summed E-state index contributed by atoms with van der Waals surface area (Å²) in [6.07, 6.45) is 6.02. The molecule has 3 heteroatoms. The van der Waals surface area contributed by atoms with Gasteiger partial charge in [-0.25, -0.2) is 0 Å². The van der Waals surface area contributed by atoms with Gasteiger partial charge in [-0.15, -0.1) is 0 Å². The van der Waals surface area contributed by atoms with Crippen LogP contribution < -0.4 is 0 Å². The van der Waals surface area contributed by atoms with Crippen LogP contribution >= 0.6 is 0 Å². The van der Waals surface area contributed by atoms with Gasteiger partial charge in [0.2, 0.25) is 0 Å². The Bertz CT molecular complexity index is 169. The first kappa shape index (κ1) is 10.5. The van der Waals surface area contributed by atoms with Gasteiger partial charge in [0.1, 0.15) is 0 Å². The fourth-order valence-electron chi connectivity index (χ4n) is 1.90.